The summed E-state index contributed by atoms with van der Waals surface area (Å²) in [6.07, 6.45) is 5.56. The minimum absolute atomic E-state index is 0.162. The van der Waals surface area contributed by atoms with Gasteiger partial charge in [-0.3, -0.25) is 14.5 Å². The van der Waals surface area contributed by atoms with Crippen LogP contribution in [0, 0.1) is 5.92 Å². The molecule has 3 amide bonds. The average Bonchev–Trinajstić information content (AvgIpc) is 3.14. The lowest BCUT2D eigenvalue weighted by molar-refractivity contribution is -0.142. The lowest BCUT2D eigenvalue weighted by Gasteiger charge is -2.49. The summed E-state index contributed by atoms with van der Waals surface area (Å²) in [5.74, 6) is -0.745. The van der Waals surface area contributed by atoms with Crippen LogP contribution < -0.4 is 10.2 Å². The highest BCUT2D eigenvalue weighted by atomic mass is 32.2. The molecule has 34 heavy (non-hydrogen) atoms. The van der Waals surface area contributed by atoms with E-state index in [1.165, 1.54) is 4.90 Å². The number of likely N-dealkylation sites (tertiary alicyclic amines) is 1. The van der Waals surface area contributed by atoms with Crippen LogP contribution in [0.5, 0.6) is 0 Å². The van der Waals surface area contributed by atoms with Crippen molar-refractivity contribution in [3.63, 3.8) is 0 Å². The van der Waals surface area contributed by atoms with Gasteiger partial charge in [-0.25, -0.2) is 17.9 Å². The van der Waals surface area contributed by atoms with Crippen molar-refractivity contribution < 1.29 is 22.8 Å². The van der Waals surface area contributed by atoms with Crippen LogP contribution in [0.1, 0.15) is 65.2 Å². The number of hydroxylamine groups is 1. The van der Waals surface area contributed by atoms with Crippen molar-refractivity contribution in [1.82, 2.24) is 24.9 Å². The molecular weight excluding hydrogens is 458 g/mol. The molecular formula is C23H39N5O5S. The smallest absolute Gasteiger partial charge is 0.319 e. The van der Waals surface area contributed by atoms with Gasteiger partial charge in [-0.2, -0.15) is 5.48 Å². The fraction of sp³-hybridized carbons (Fsp3) is 0.913. The van der Waals surface area contributed by atoms with E-state index in [1.54, 1.807) is 0 Å². The van der Waals surface area contributed by atoms with Crippen LogP contribution in [0.3, 0.4) is 0 Å². The van der Waals surface area contributed by atoms with Gasteiger partial charge in [0.2, 0.25) is 15.9 Å². The number of amides is 3. The van der Waals surface area contributed by atoms with Crippen molar-refractivity contribution in [1.29, 1.82) is 0 Å². The molecule has 0 aromatic carbocycles. The number of sulfonamides is 1. The van der Waals surface area contributed by atoms with Crippen molar-refractivity contribution in [2.45, 2.75) is 100 Å². The summed E-state index contributed by atoms with van der Waals surface area (Å²) < 4.78 is 29.1. The molecule has 2 aliphatic carbocycles. The van der Waals surface area contributed by atoms with Crippen LogP contribution >= 0.6 is 0 Å². The summed E-state index contributed by atoms with van der Waals surface area (Å²) in [5.41, 5.74) is 2.58. The van der Waals surface area contributed by atoms with Gasteiger partial charge < -0.3 is 9.80 Å². The molecule has 5 fully saturated rings. The minimum Gasteiger partial charge on any atom is -0.319 e. The van der Waals surface area contributed by atoms with E-state index in [9.17, 15) is 18.0 Å². The van der Waals surface area contributed by atoms with E-state index in [0.29, 0.717) is 19.4 Å². The predicted octanol–water partition coefficient (Wildman–Crippen LogP) is 1.04. The Hall–Kier alpha value is -1.27. The molecule has 0 aromatic rings. The van der Waals surface area contributed by atoms with Gasteiger partial charge in [0.05, 0.1) is 23.8 Å². The number of fused-ring (bicyclic) bond motifs is 1. The van der Waals surface area contributed by atoms with E-state index in [4.69, 9.17) is 4.84 Å². The van der Waals surface area contributed by atoms with Gasteiger partial charge in [0.1, 0.15) is 0 Å². The summed E-state index contributed by atoms with van der Waals surface area (Å²) in [6.45, 7) is 5.71. The Bertz CT molecular complexity index is 925. The fourth-order valence-corrected chi connectivity index (χ4v) is 8.15. The van der Waals surface area contributed by atoms with Crippen molar-refractivity contribution in [2.75, 3.05) is 26.7 Å². The number of carbonyl (C=O) groups excluding carboxylic acids is 2. The SMILES string of the molecule is CC1CC(CN2C(=O)C3CC(S(=O)(=O)NC4(C)CC4)CCC3N(CC3CCCN3C)C2=O)ON1. The van der Waals surface area contributed by atoms with Crippen LogP contribution in [0.4, 0.5) is 4.79 Å². The molecule has 0 aromatic heterocycles. The van der Waals surface area contributed by atoms with Gasteiger partial charge in [0, 0.05) is 30.2 Å². The molecule has 192 valence electrons. The largest absolute Gasteiger partial charge is 0.327 e. The van der Waals surface area contributed by atoms with Crippen molar-refractivity contribution in [3.8, 4) is 0 Å². The van der Waals surface area contributed by atoms with Crippen LogP contribution in [0.15, 0.2) is 0 Å². The molecule has 2 N–H and O–H groups in total. The number of hydrogen-bond acceptors (Lipinski definition) is 7. The van der Waals surface area contributed by atoms with Gasteiger partial charge >= 0.3 is 6.03 Å². The van der Waals surface area contributed by atoms with Crippen LogP contribution in [-0.4, -0.2) is 96.8 Å². The zero-order valence-corrected chi connectivity index (χ0v) is 21.3. The highest BCUT2D eigenvalue weighted by Crippen LogP contribution is 2.40. The summed E-state index contributed by atoms with van der Waals surface area (Å²) in [4.78, 5) is 38.4. The lowest BCUT2D eigenvalue weighted by Crippen LogP contribution is -2.66. The second-order valence-corrected chi connectivity index (χ2v) is 13.4. The molecule has 6 unspecified atom stereocenters. The molecule has 3 saturated heterocycles. The Balaban J connectivity index is 1.37. The number of nitrogens with one attached hydrogen (secondary N) is 2. The van der Waals surface area contributed by atoms with Gasteiger partial charge in [0.25, 0.3) is 0 Å². The van der Waals surface area contributed by atoms with E-state index in [-0.39, 0.29) is 54.7 Å². The third kappa shape index (κ3) is 4.74. The van der Waals surface area contributed by atoms with Crippen molar-refractivity contribution in [2.24, 2.45) is 5.92 Å². The van der Waals surface area contributed by atoms with Crippen LogP contribution in [-0.2, 0) is 19.7 Å². The molecule has 2 saturated carbocycles. The van der Waals surface area contributed by atoms with Crippen molar-refractivity contribution >= 4 is 22.0 Å². The standard InChI is InChI=1S/C23H39N5O5S/c1-15-11-17(33-24-15)14-28-21(29)19-12-18(34(31,32)25-23(2)8-9-23)6-7-20(19)27(22(28)30)13-16-5-4-10-26(16)3/h15-20,24-25H,4-14H2,1-3H3. The second-order valence-electron chi connectivity index (χ2n) is 11.5. The summed E-state index contributed by atoms with van der Waals surface area (Å²) in [7, 11) is -1.45. The first-order chi connectivity index (χ1) is 16.1. The minimum atomic E-state index is -3.53. The number of hydrogen-bond donors (Lipinski definition) is 2. The molecule has 3 heterocycles. The lowest BCUT2D eigenvalue weighted by atomic mass is 9.80. The van der Waals surface area contributed by atoms with Crippen LogP contribution in [0.25, 0.3) is 0 Å². The predicted molar refractivity (Wildman–Crippen MR) is 126 cm³/mol. The molecule has 0 radical (unpaired) electrons. The van der Waals surface area contributed by atoms with E-state index in [0.717, 1.165) is 38.6 Å². The normalized spacial score (nSPS) is 38.4. The zero-order valence-electron chi connectivity index (χ0n) is 20.5. The molecule has 0 spiro atoms. The topological polar surface area (TPSA) is 111 Å². The molecule has 5 aliphatic rings. The summed E-state index contributed by atoms with van der Waals surface area (Å²) in [5, 5.41) is -0.606. The maximum atomic E-state index is 13.6. The number of urea groups is 1. The Morgan fingerprint density at radius 1 is 1.15 bits per heavy atom. The van der Waals surface area contributed by atoms with Crippen LogP contribution in [0.2, 0.25) is 0 Å². The average molecular weight is 498 g/mol. The number of carbonyl (C=O) groups is 2. The number of likely N-dealkylation sites (N-methyl/N-ethyl adjacent to an activating group) is 1. The molecule has 0 bridgehead atoms. The highest BCUT2D eigenvalue weighted by Gasteiger charge is 2.53. The molecule has 6 atom stereocenters. The third-order valence-electron chi connectivity index (χ3n) is 8.57. The Morgan fingerprint density at radius 3 is 2.53 bits per heavy atom. The first kappa shape index (κ1) is 24.4. The second kappa shape index (κ2) is 8.99. The third-order valence-corrected chi connectivity index (χ3v) is 10.7. The summed E-state index contributed by atoms with van der Waals surface area (Å²) >= 11 is 0. The van der Waals surface area contributed by atoms with E-state index < -0.39 is 21.2 Å². The maximum absolute atomic E-state index is 13.6. The zero-order chi connectivity index (χ0) is 24.3. The summed E-state index contributed by atoms with van der Waals surface area (Å²) in [6, 6.07) is -0.0635. The first-order valence-electron chi connectivity index (χ1n) is 12.8. The molecule has 5 rings (SSSR count). The monoisotopic (exact) mass is 497 g/mol. The molecule has 3 aliphatic heterocycles. The fourth-order valence-electron chi connectivity index (χ4n) is 6.18. The Morgan fingerprint density at radius 2 is 1.91 bits per heavy atom. The Labute approximate surface area is 202 Å². The van der Waals surface area contributed by atoms with E-state index >= 15 is 0 Å². The van der Waals surface area contributed by atoms with Crippen molar-refractivity contribution in [3.05, 3.63) is 0 Å². The van der Waals surface area contributed by atoms with Gasteiger partial charge in [-0.15, -0.1) is 0 Å². The van der Waals surface area contributed by atoms with E-state index in [1.807, 2.05) is 18.7 Å². The van der Waals surface area contributed by atoms with Gasteiger partial charge in [0.15, 0.2) is 0 Å². The van der Waals surface area contributed by atoms with Gasteiger partial charge in [-0.1, -0.05) is 0 Å². The number of nitrogens with zero attached hydrogens (tertiary/aromatic N) is 3. The van der Waals surface area contributed by atoms with E-state index in [2.05, 4.69) is 22.1 Å². The molecule has 11 heteroatoms. The number of imide groups is 1. The number of rotatable bonds is 7. The quantitative estimate of drug-likeness (QED) is 0.541. The van der Waals surface area contributed by atoms with Gasteiger partial charge in [-0.05, 0) is 78.8 Å². The molecule has 10 nitrogen and oxygen atoms in total. The highest BCUT2D eigenvalue weighted by molar-refractivity contribution is 7.90. The first-order valence-corrected chi connectivity index (χ1v) is 14.4. The Kier molecular flexibility index (Phi) is 6.46. The maximum Gasteiger partial charge on any atom is 0.327 e.